The van der Waals surface area contributed by atoms with Crippen LogP contribution in [0.5, 0.6) is 0 Å². The van der Waals surface area contributed by atoms with E-state index in [9.17, 15) is 14.4 Å². The Hall–Kier alpha value is -1.45. The molecule has 0 aromatic heterocycles. The second-order valence-corrected chi connectivity index (χ2v) is 5.74. The Labute approximate surface area is 107 Å². The van der Waals surface area contributed by atoms with Crippen LogP contribution in [-0.4, -0.2) is 17.7 Å². The standard InChI is InChI=1S/C14H20O4/c1-8(2)6-10-12(14(10,4)5)13(17)18-11(16)7-9(3)15/h6,10,12H,7H2,1-5H3. The third-order valence-corrected chi connectivity index (χ3v) is 3.29. The van der Waals surface area contributed by atoms with Crippen molar-refractivity contribution in [3.8, 4) is 0 Å². The maximum Gasteiger partial charge on any atom is 0.320 e. The fourth-order valence-electron chi connectivity index (χ4n) is 2.21. The summed E-state index contributed by atoms with van der Waals surface area (Å²) < 4.78 is 4.70. The van der Waals surface area contributed by atoms with Crippen molar-refractivity contribution >= 4 is 17.7 Å². The summed E-state index contributed by atoms with van der Waals surface area (Å²) in [5.41, 5.74) is 0.962. The summed E-state index contributed by atoms with van der Waals surface area (Å²) in [5.74, 6) is -1.76. The van der Waals surface area contributed by atoms with Crippen molar-refractivity contribution in [3.05, 3.63) is 11.6 Å². The van der Waals surface area contributed by atoms with Gasteiger partial charge in [0.15, 0.2) is 0 Å². The fourth-order valence-corrected chi connectivity index (χ4v) is 2.21. The Morgan fingerprint density at radius 3 is 2.17 bits per heavy atom. The van der Waals surface area contributed by atoms with E-state index >= 15 is 0 Å². The monoisotopic (exact) mass is 252 g/mol. The van der Waals surface area contributed by atoms with Gasteiger partial charge in [0.2, 0.25) is 0 Å². The highest BCUT2D eigenvalue weighted by Gasteiger charge is 2.61. The van der Waals surface area contributed by atoms with Crippen LogP contribution in [-0.2, 0) is 19.1 Å². The van der Waals surface area contributed by atoms with E-state index < -0.39 is 11.9 Å². The van der Waals surface area contributed by atoms with Crippen LogP contribution in [0, 0.1) is 17.3 Å². The fraction of sp³-hybridized carbons (Fsp3) is 0.643. The lowest BCUT2D eigenvalue weighted by atomic mass is 10.1. The molecule has 1 fully saturated rings. The van der Waals surface area contributed by atoms with Crippen LogP contribution in [0.1, 0.15) is 41.0 Å². The van der Waals surface area contributed by atoms with Gasteiger partial charge in [0.25, 0.3) is 0 Å². The molecule has 0 heterocycles. The molecule has 0 amide bonds. The number of allylic oxidation sites excluding steroid dienone is 2. The maximum atomic E-state index is 11.8. The third kappa shape index (κ3) is 3.28. The molecule has 0 radical (unpaired) electrons. The van der Waals surface area contributed by atoms with Crippen LogP contribution in [0.25, 0.3) is 0 Å². The molecule has 1 aliphatic rings. The van der Waals surface area contributed by atoms with Gasteiger partial charge in [0.1, 0.15) is 12.2 Å². The quantitative estimate of drug-likeness (QED) is 0.437. The van der Waals surface area contributed by atoms with Crippen molar-refractivity contribution < 1.29 is 19.1 Å². The number of hydrogen-bond donors (Lipinski definition) is 0. The average Bonchev–Trinajstić information content (AvgIpc) is 2.64. The van der Waals surface area contributed by atoms with Crippen LogP contribution in [0.15, 0.2) is 11.6 Å². The highest BCUT2D eigenvalue weighted by molar-refractivity contribution is 5.99. The predicted octanol–water partition coefficient (Wildman–Crippen LogP) is 2.27. The lowest BCUT2D eigenvalue weighted by Gasteiger charge is -2.02. The van der Waals surface area contributed by atoms with E-state index in [0.717, 1.165) is 5.57 Å². The molecule has 2 unspecified atom stereocenters. The van der Waals surface area contributed by atoms with Crippen molar-refractivity contribution in [2.24, 2.45) is 17.3 Å². The summed E-state index contributed by atoms with van der Waals surface area (Å²) in [6.07, 6.45) is 1.69. The van der Waals surface area contributed by atoms with E-state index in [2.05, 4.69) is 0 Å². The van der Waals surface area contributed by atoms with Gasteiger partial charge in [-0.1, -0.05) is 25.5 Å². The smallest absolute Gasteiger partial charge is 0.320 e. The van der Waals surface area contributed by atoms with E-state index in [1.54, 1.807) is 0 Å². The van der Waals surface area contributed by atoms with Crippen molar-refractivity contribution in [2.75, 3.05) is 0 Å². The highest BCUT2D eigenvalue weighted by Crippen LogP contribution is 2.59. The van der Waals surface area contributed by atoms with Gasteiger partial charge in [-0.05, 0) is 32.1 Å². The Bertz CT molecular complexity index is 414. The maximum absolute atomic E-state index is 11.8. The first-order valence-electron chi connectivity index (χ1n) is 6.05. The first-order chi connectivity index (χ1) is 8.16. The largest absolute Gasteiger partial charge is 0.393 e. The molecule has 100 valence electrons. The van der Waals surface area contributed by atoms with Gasteiger partial charge in [0, 0.05) is 0 Å². The Kier molecular flexibility index (Phi) is 4.09. The molecule has 1 rings (SSSR count). The minimum absolute atomic E-state index is 0.111. The van der Waals surface area contributed by atoms with Crippen molar-refractivity contribution in [2.45, 2.75) is 41.0 Å². The lowest BCUT2D eigenvalue weighted by molar-refractivity contribution is -0.161. The molecule has 1 aliphatic carbocycles. The van der Waals surface area contributed by atoms with Gasteiger partial charge >= 0.3 is 11.9 Å². The zero-order valence-electron chi connectivity index (χ0n) is 11.6. The number of hydrogen-bond acceptors (Lipinski definition) is 4. The molecule has 18 heavy (non-hydrogen) atoms. The molecule has 0 aromatic carbocycles. The molecule has 4 nitrogen and oxygen atoms in total. The van der Waals surface area contributed by atoms with E-state index in [1.165, 1.54) is 6.92 Å². The first-order valence-corrected chi connectivity index (χ1v) is 6.05. The second-order valence-electron chi connectivity index (χ2n) is 5.74. The second kappa shape index (κ2) is 5.04. The molecule has 0 bridgehead atoms. The van der Waals surface area contributed by atoms with Crippen molar-refractivity contribution in [1.82, 2.24) is 0 Å². The summed E-state index contributed by atoms with van der Waals surface area (Å²) >= 11 is 0. The number of carbonyl (C=O) groups is 3. The summed E-state index contributed by atoms with van der Waals surface area (Å²) in [4.78, 5) is 33.8. The van der Waals surface area contributed by atoms with E-state index in [4.69, 9.17) is 4.74 Å². The number of esters is 2. The Morgan fingerprint density at radius 2 is 1.72 bits per heavy atom. The van der Waals surface area contributed by atoms with Crippen LogP contribution in [0.2, 0.25) is 0 Å². The molecule has 0 saturated heterocycles. The Morgan fingerprint density at radius 1 is 1.17 bits per heavy atom. The number of Topliss-reactive ketones (excluding diaryl/α,β-unsaturated/α-hetero) is 1. The molecule has 0 spiro atoms. The molecule has 0 aromatic rings. The third-order valence-electron chi connectivity index (χ3n) is 3.29. The molecule has 1 saturated carbocycles. The molecule has 0 aliphatic heterocycles. The van der Waals surface area contributed by atoms with Gasteiger partial charge in [-0.15, -0.1) is 0 Å². The number of rotatable bonds is 4. The summed E-state index contributed by atoms with van der Waals surface area (Å²) in [7, 11) is 0. The minimum Gasteiger partial charge on any atom is -0.393 e. The zero-order chi connectivity index (χ0) is 14.1. The van der Waals surface area contributed by atoms with Gasteiger partial charge in [-0.25, -0.2) is 0 Å². The molecule has 4 heteroatoms. The van der Waals surface area contributed by atoms with Crippen LogP contribution in [0.3, 0.4) is 0 Å². The van der Waals surface area contributed by atoms with Gasteiger partial charge < -0.3 is 4.74 Å². The number of ketones is 1. The summed E-state index contributed by atoms with van der Waals surface area (Å²) in [6.45, 7) is 9.17. The molecular formula is C14H20O4. The Balaban J connectivity index is 2.62. The SMILES string of the molecule is CC(=O)CC(=O)OC(=O)C1C(C=C(C)C)C1(C)C. The number of ether oxygens (including phenoxy) is 1. The van der Waals surface area contributed by atoms with E-state index in [1.807, 2.05) is 33.8 Å². The van der Waals surface area contributed by atoms with E-state index in [-0.39, 0.29) is 29.5 Å². The van der Waals surface area contributed by atoms with Crippen molar-refractivity contribution in [1.29, 1.82) is 0 Å². The van der Waals surface area contributed by atoms with Crippen molar-refractivity contribution in [3.63, 3.8) is 0 Å². The molecular weight excluding hydrogens is 232 g/mol. The van der Waals surface area contributed by atoms with Crippen LogP contribution in [0.4, 0.5) is 0 Å². The minimum atomic E-state index is -0.758. The van der Waals surface area contributed by atoms with E-state index in [0.29, 0.717) is 0 Å². The van der Waals surface area contributed by atoms with Gasteiger partial charge in [-0.3, -0.25) is 14.4 Å². The summed E-state index contributed by atoms with van der Waals surface area (Å²) in [5, 5.41) is 0. The normalized spacial score (nSPS) is 24.1. The lowest BCUT2D eigenvalue weighted by Crippen LogP contribution is -2.18. The number of carbonyl (C=O) groups excluding carboxylic acids is 3. The van der Waals surface area contributed by atoms with Gasteiger partial charge in [0.05, 0.1) is 5.92 Å². The molecule has 0 N–H and O–H groups in total. The predicted molar refractivity (Wildman–Crippen MR) is 66.6 cm³/mol. The first kappa shape index (κ1) is 14.6. The zero-order valence-corrected chi connectivity index (χ0v) is 11.6. The van der Waals surface area contributed by atoms with Crippen LogP contribution >= 0.6 is 0 Å². The van der Waals surface area contributed by atoms with Crippen LogP contribution < -0.4 is 0 Å². The average molecular weight is 252 g/mol. The molecule has 2 atom stereocenters. The topological polar surface area (TPSA) is 60.4 Å². The highest BCUT2D eigenvalue weighted by atomic mass is 16.6. The summed E-state index contributed by atoms with van der Waals surface area (Å²) in [6, 6.07) is 0. The van der Waals surface area contributed by atoms with Gasteiger partial charge in [-0.2, -0.15) is 0 Å².